The van der Waals surface area contributed by atoms with Gasteiger partial charge in [0.25, 0.3) is 0 Å². The highest BCUT2D eigenvalue weighted by molar-refractivity contribution is 7.99. The molecular formula is C15H15Cl2NOS. The average Bonchev–Trinajstić information content (AvgIpc) is 2.42. The number of halogens is 2. The minimum atomic E-state index is 0.665. The van der Waals surface area contributed by atoms with Crippen LogP contribution >= 0.6 is 35.0 Å². The Hall–Kier alpha value is -1.03. The highest BCUT2D eigenvalue weighted by Gasteiger charge is 2.01. The fraction of sp³-hybridized carbons (Fsp3) is 0.200. The zero-order valence-electron chi connectivity index (χ0n) is 10.8. The Morgan fingerprint density at radius 2 is 1.70 bits per heavy atom. The second-order valence-electron chi connectivity index (χ2n) is 4.19. The van der Waals surface area contributed by atoms with E-state index in [9.17, 15) is 0 Å². The Morgan fingerprint density at radius 1 is 1.00 bits per heavy atom. The Labute approximate surface area is 133 Å². The number of ether oxygens (including phenoxy) is 1. The topological polar surface area (TPSA) is 35.2 Å². The number of nitrogen functional groups attached to an aromatic ring is 1. The number of hydrogen-bond donors (Lipinski definition) is 1. The molecule has 0 radical (unpaired) electrons. The van der Waals surface area contributed by atoms with E-state index in [-0.39, 0.29) is 0 Å². The number of hydrogen-bond acceptors (Lipinski definition) is 3. The van der Waals surface area contributed by atoms with E-state index in [4.69, 9.17) is 33.7 Å². The first-order chi connectivity index (χ1) is 9.65. The molecule has 0 fully saturated rings. The Bertz CT molecular complexity index is 560. The van der Waals surface area contributed by atoms with Crippen LogP contribution in [0.15, 0.2) is 47.4 Å². The minimum absolute atomic E-state index is 0.665. The predicted octanol–water partition coefficient (Wildman–Crippen LogP) is 5.14. The molecule has 0 atom stereocenters. The van der Waals surface area contributed by atoms with Crippen molar-refractivity contribution in [3.63, 3.8) is 0 Å². The standard InChI is InChI=1S/C15H15Cl2NOS/c16-11-2-5-13(6-3-11)19-8-1-9-20-15-7-4-12(17)10-14(15)18/h2-7,10H,1,8-9,18H2. The number of thioether (sulfide) groups is 1. The molecule has 0 unspecified atom stereocenters. The monoisotopic (exact) mass is 327 g/mol. The largest absolute Gasteiger partial charge is 0.494 e. The molecule has 2 aromatic rings. The van der Waals surface area contributed by atoms with Crippen molar-refractivity contribution in [2.75, 3.05) is 18.1 Å². The SMILES string of the molecule is Nc1cc(Cl)ccc1SCCCOc1ccc(Cl)cc1. The molecule has 0 saturated carbocycles. The Morgan fingerprint density at radius 3 is 2.40 bits per heavy atom. The molecular weight excluding hydrogens is 313 g/mol. The summed E-state index contributed by atoms with van der Waals surface area (Å²) in [5, 5.41) is 1.38. The molecule has 0 saturated heterocycles. The molecule has 0 heterocycles. The highest BCUT2D eigenvalue weighted by atomic mass is 35.5. The van der Waals surface area contributed by atoms with Gasteiger partial charge in [-0.15, -0.1) is 11.8 Å². The maximum Gasteiger partial charge on any atom is 0.119 e. The first kappa shape index (κ1) is 15.4. The van der Waals surface area contributed by atoms with Crippen molar-refractivity contribution in [2.45, 2.75) is 11.3 Å². The third kappa shape index (κ3) is 4.82. The summed E-state index contributed by atoms with van der Waals surface area (Å²) in [7, 11) is 0. The molecule has 0 bridgehead atoms. The third-order valence-electron chi connectivity index (χ3n) is 2.60. The highest BCUT2D eigenvalue weighted by Crippen LogP contribution is 2.28. The van der Waals surface area contributed by atoms with Crippen LogP contribution in [0.3, 0.4) is 0 Å². The van der Waals surface area contributed by atoms with Crippen molar-refractivity contribution in [3.05, 3.63) is 52.5 Å². The van der Waals surface area contributed by atoms with Gasteiger partial charge >= 0.3 is 0 Å². The van der Waals surface area contributed by atoms with Crippen LogP contribution in [0.4, 0.5) is 5.69 Å². The quantitative estimate of drug-likeness (QED) is 0.453. The molecule has 2 aromatic carbocycles. The van der Waals surface area contributed by atoms with Crippen molar-refractivity contribution in [3.8, 4) is 5.75 Å². The molecule has 0 aromatic heterocycles. The van der Waals surface area contributed by atoms with E-state index in [0.717, 1.165) is 28.5 Å². The van der Waals surface area contributed by atoms with Gasteiger partial charge in [0.2, 0.25) is 0 Å². The van der Waals surface area contributed by atoms with Gasteiger partial charge in [-0.1, -0.05) is 23.2 Å². The molecule has 106 valence electrons. The molecule has 5 heteroatoms. The predicted molar refractivity (Wildman–Crippen MR) is 88.2 cm³/mol. The van der Waals surface area contributed by atoms with Crippen molar-refractivity contribution >= 4 is 40.7 Å². The second kappa shape index (κ2) is 7.67. The normalized spacial score (nSPS) is 10.5. The lowest BCUT2D eigenvalue weighted by Crippen LogP contribution is -1.99. The smallest absolute Gasteiger partial charge is 0.119 e. The molecule has 2 rings (SSSR count). The Kier molecular flexibility index (Phi) is 5.89. The zero-order chi connectivity index (χ0) is 14.4. The second-order valence-corrected chi connectivity index (χ2v) is 6.20. The molecule has 2 N–H and O–H groups in total. The molecule has 20 heavy (non-hydrogen) atoms. The van der Waals surface area contributed by atoms with Crippen molar-refractivity contribution < 1.29 is 4.74 Å². The summed E-state index contributed by atoms with van der Waals surface area (Å²) >= 11 is 13.4. The van der Waals surface area contributed by atoms with Crippen molar-refractivity contribution in [1.82, 2.24) is 0 Å². The van der Waals surface area contributed by atoms with Gasteiger partial charge in [0.1, 0.15) is 5.75 Å². The summed E-state index contributed by atoms with van der Waals surface area (Å²) in [4.78, 5) is 1.06. The van der Waals surface area contributed by atoms with Gasteiger partial charge in [-0.25, -0.2) is 0 Å². The number of benzene rings is 2. The van der Waals surface area contributed by atoms with Gasteiger partial charge in [0, 0.05) is 26.4 Å². The van der Waals surface area contributed by atoms with Gasteiger partial charge < -0.3 is 10.5 Å². The molecule has 2 nitrogen and oxygen atoms in total. The minimum Gasteiger partial charge on any atom is -0.494 e. The van der Waals surface area contributed by atoms with Crippen LogP contribution in [0.1, 0.15) is 6.42 Å². The van der Waals surface area contributed by atoms with Gasteiger partial charge in [-0.3, -0.25) is 0 Å². The summed E-state index contributed by atoms with van der Waals surface area (Å²) in [5.74, 6) is 1.78. The fourth-order valence-corrected chi connectivity index (χ4v) is 2.79. The van der Waals surface area contributed by atoms with Gasteiger partial charge in [-0.2, -0.15) is 0 Å². The zero-order valence-corrected chi connectivity index (χ0v) is 13.1. The molecule has 0 amide bonds. The molecule has 0 spiro atoms. The first-order valence-corrected chi connectivity index (χ1v) is 7.95. The van der Waals surface area contributed by atoms with E-state index in [2.05, 4.69) is 0 Å². The van der Waals surface area contributed by atoms with Crippen LogP contribution in [-0.2, 0) is 0 Å². The van der Waals surface area contributed by atoms with Gasteiger partial charge in [-0.05, 0) is 48.9 Å². The maximum atomic E-state index is 5.89. The number of anilines is 1. The van der Waals surface area contributed by atoms with E-state index in [1.54, 1.807) is 17.8 Å². The van der Waals surface area contributed by atoms with Crippen molar-refractivity contribution in [2.24, 2.45) is 0 Å². The van der Waals surface area contributed by atoms with Gasteiger partial charge in [0.15, 0.2) is 0 Å². The van der Waals surface area contributed by atoms with Gasteiger partial charge in [0.05, 0.1) is 6.61 Å². The van der Waals surface area contributed by atoms with E-state index >= 15 is 0 Å². The fourth-order valence-electron chi connectivity index (χ4n) is 1.61. The lowest BCUT2D eigenvalue weighted by atomic mass is 10.3. The summed E-state index contributed by atoms with van der Waals surface area (Å²) < 4.78 is 5.62. The summed E-state index contributed by atoms with van der Waals surface area (Å²) in [6, 6.07) is 12.9. The van der Waals surface area contributed by atoms with E-state index in [0.29, 0.717) is 16.7 Å². The molecule has 0 aliphatic carbocycles. The number of rotatable bonds is 6. The molecule has 0 aliphatic rings. The molecule has 0 aliphatic heterocycles. The third-order valence-corrected chi connectivity index (χ3v) is 4.26. The number of nitrogens with two attached hydrogens (primary N) is 1. The first-order valence-electron chi connectivity index (χ1n) is 6.21. The van der Waals surface area contributed by atoms with E-state index in [1.165, 1.54) is 0 Å². The average molecular weight is 328 g/mol. The maximum absolute atomic E-state index is 5.89. The van der Waals surface area contributed by atoms with Crippen LogP contribution in [0.5, 0.6) is 5.75 Å². The summed E-state index contributed by atoms with van der Waals surface area (Å²) in [5.41, 5.74) is 6.62. The van der Waals surface area contributed by atoms with Crippen molar-refractivity contribution in [1.29, 1.82) is 0 Å². The summed E-state index contributed by atoms with van der Waals surface area (Å²) in [6.45, 7) is 0.669. The van der Waals surface area contributed by atoms with Crippen LogP contribution < -0.4 is 10.5 Å². The Balaban J connectivity index is 1.70. The lowest BCUT2D eigenvalue weighted by molar-refractivity contribution is 0.319. The lowest BCUT2D eigenvalue weighted by Gasteiger charge is -2.07. The van der Waals surface area contributed by atoms with Crippen LogP contribution in [0, 0.1) is 0 Å². The van der Waals surface area contributed by atoms with E-state index in [1.807, 2.05) is 36.4 Å². The van der Waals surface area contributed by atoms with Crippen LogP contribution in [0.25, 0.3) is 0 Å². The van der Waals surface area contributed by atoms with Crippen LogP contribution in [-0.4, -0.2) is 12.4 Å². The van der Waals surface area contributed by atoms with Crippen LogP contribution in [0.2, 0.25) is 10.0 Å². The summed E-state index contributed by atoms with van der Waals surface area (Å²) in [6.07, 6.45) is 0.940. The van der Waals surface area contributed by atoms with E-state index < -0.39 is 0 Å².